The predicted molar refractivity (Wildman–Crippen MR) is 94.1 cm³/mol. The molecule has 2 heterocycles. The number of fused-ring (bicyclic) bond motifs is 1. The molecule has 4 nitrogen and oxygen atoms in total. The molecule has 1 unspecified atom stereocenters. The van der Waals surface area contributed by atoms with Gasteiger partial charge in [-0.1, -0.05) is 12.1 Å². The van der Waals surface area contributed by atoms with Gasteiger partial charge in [0.05, 0.1) is 22.3 Å². The van der Waals surface area contributed by atoms with Crippen LogP contribution >= 0.6 is 0 Å². The lowest BCUT2D eigenvalue weighted by atomic mass is 10.1. The van der Waals surface area contributed by atoms with E-state index in [1.165, 1.54) is 6.07 Å². The van der Waals surface area contributed by atoms with E-state index in [1.807, 2.05) is 17.6 Å². The number of ether oxygens (including phenoxy) is 1. The molecule has 0 aliphatic carbocycles. The minimum absolute atomic E-state index is 0.256. The number of aromatic nitrogens is 2. The van der Waals surface area contributed by atoms with E-state index in [1.54, 1.807) is 12.1 Å². The zero-order chi connectivity index (χ0) is 19.2. The minimum atomic E-state index is -4.44. The topological polar surface area (TPSA) is 44.1 Å². The third-order valence-electron chi connectivity index (χ3n) is 4.94. The lowest BCUT2D eigenvalue weighted by Crippen LogP contribution is -2.09. The molecule has 3 aromatic rings. The molecule has 1 fully saturated rings. The molecular formula is C20H17F3N2O2. The smallest absolute Gasteiger partial charge is 0.370 e. The van der Waals surface area contributed by atoms with Crippen LogP contribution in [0.2, 0.25) is 0 Å². The maximum Gasteiger partial charge on any atom is 0.416 e. The summed E-state index contributed by atoms with van der Waals surface area (Å²) in [6.07, 6.45) is -2.33. The first-order chi connectivity index (χ1) is 12.9. The summed E-state index contributed by atoms with van der Waals surface area (Å²) in [5.74, 6) is 0.563. The summed E-state index contributed by atoms with van der Waals surface area (Å²) in [4.78, 5) is 15.8. The number of benzene rings is 2. The highest BCUT2D eigenvalue weighted by Crippen LogP contribution is 2.36. The molecule has 0 amide bonds. The van der Waals surface area contributed by atoms with Crippen molar-refractivity contribution in [2.24, 2.45) is 0 Å². The van der Waals surface area contributed by atoms with E-state index in [4.69, 9.17) is 4.74 Å². The van der Waals surface area contributed by atoms with Crippen molar-refractivity contribution in [1.82, 2.24) is 9.55 Å². The summed E-state index contributed by atoms with van der Waals surface area (Å²) in [6, 6.07) is 8.83. The molecular weight excluding hydrogens is 357 g/mol. The number of nitrogens with zero attached hydrogens (tertiary/aromatic N) is 2. The predicted octanol–water partition coefficient (Wildman–Crippen LogP) is 5.02. The van der Waals surface area contributed by atoms with Gasteiger partial charge in [-0.15, -0.1) is 0 Å². The number of hydrogen-bond acceptors (Lipinski definition) is 3. The van der Waals surface area contributed by atoms with Crippen LogP contribution in [0.3, 0.4) is 0 Å². The van der Waals surface area contributed by atoms with E-state index in [-0.39, 0.29) is 11.6 Å². The van der Waals surface area contributed by atoms with E-state index in [9.17, 15) is 18.0 Å². The molecule has 1 saturated heterocycles. The quantitative estimate of drug-likeness (QED) is 0.605. The van der Waals surface area contributed by atoms with E-state index in [2.05, 4.69) is 4.98 Å². The Morgan fingerprint density at radius 1 is 1.26 bits per heavy atom. The fourth-order valence-corrected chi connectivity index (χ4v) is 3.54. The molecule has 0 bridgehead atoms. The van der Waals surface area contributed by atoms with Gasteiger partial charge in [0.2, 0.25) is 0 Å². The van der Waals surface area contributed by atoms with Gasteiger partial charge in [0.1, 0.15) is 18.2 Å². The molecule has 0 saturated carbocycles. The summed E-state index contributed by atoms with van der Waals surface area (Å²) in [5.41, 5.74) is 2.06. The molecule has 1 aromatic heterocycles. The van der Waals surface area contributed by atoms with E-state index >= 15 is 0 Å². The molecule has 0 N–H and O–H groups in total. The number of carbonyl (C=O) groups excluding carboxylic acids is 1. The van der Waals surface area contributed by atoms with Crippen LogP contribution in [0.4, 0.5) is 13.2 Å². The van der Waals surface area contributed by atoms with Crippen LogP contribution in [0, 0.1) is 6.92 Å². The summed E-state index contributed by atoms with van der Waals surface area (Å²) < 4.78 is 46.9. The first kappa shape index (κ1) is 17.7. The fraction of sp³-hybridized carbons (Fsp3) is 0.300. The average Bonchev–Trinajstić information content (AvgIpc) is 3.28. The summed E-state index contributed by atoms with van der Waals surface area (Å²) in [6.45, 7) is 2.41. The first-order valence-corrected chi connectivity index (χ1v) is 8.66. The monoisotopic (exact) mass is 374 g/mol. The first-order valence-electron chi connectivity index (χ1n) is 8.66. The van der Waals surface area contributed by atoms with Crippen molar-refractivity contribution in [3.05, 3.63) is 58.9 Å². The van der Waals surface area contributed by atoms with Crippen molar-refractivity contribution in [2.75, 3.05) is 6.61 Å². The van der Waals surface area contributed by atoms with Crippen LogP contribution in [-0.4, -0.2) is 22.4 Å². The number of carbonyl (C=O) groups is 1. The number of halogens is 3. The Bertz CT molecular complexity index is 1020. The molecule has 140 valence electrons. The third kappa shape index (κ3) is 3.02. The largest absolute Gasteiger partial charge is 0.416 e. The highest BCUT2D eigenvalue weighted by molar-refractivity contribution is 5.83. The maximum atomic E-state index is 13.1. The van der Waals surface area contributed by atoms with Crippen LogP contribution < -0.4 is 0 Å². The van der Waals surface area contributed by atoms with Crippen LogP contribution in [0.5, 0.6) is 0 Å². The van der Waals surface area contributed by atoms with Gasteiger partial charge in [-0.2, -0.15) is 13.2 Å². The summed E-state index contributed by atoms with van der Waals surface area (Å²) in [5, 5.41) is 0. The Kier molecular flexibility index (Phi) is 4.26. The standard InChI is InChI=1S/C20H17F3N2O2/c1-12-13(11-26)4-2-5-16(12)25-17-8-7-14(20(21,22)23)10-15(17)24-19(25)18-6-3-9-27-18/h2,4-5,7-8,10-11,18H,3,6,9H2,1H3. The van der Waals surface area contributed by atoms with Gasteiger partial charge >= 0.3 is 6.18 Å². The second-order valence-electron chi connectivity index (χ2n) is 6.62. The number of rotatable bonds is 3. The highest BCUT2D eigenvalue weighted by atomic mass is 19.4. The van der Waals surface area contributed by atoms with Crippen molar-refractivity contribution in [2.45, 2.75) is 32.0 Å². The van der Waals surface area contributed by atoms with Crippen LogP contribution in [0.25, 0.3) is 16.7 Å². The third-order valence-corrected chi connectivity index (χ3v) is 4.94. The summed E-state index contributed by atoms with van der Waals surface area (Å²) >= 11 is 0. The van der Waals surface area contributed by atoms with Crippen molar-refractivity contribution in [3.8, 4) is 5.69 Å². The van der Waals surface area contributed by atoms with Crippen molar-refractivity contribution in [1.29, 1.82) is 0 Å². The highest BCUT2D eigenvalue weighted by Gasteiger charge is 2.32. The Labute approximate surface area is 153 Å². The molecule has 0 radical (unpaired) electrons. The molecule has 2 aromatic carbocycles. The van der Waals surface area contributed by atoms with Crippen molar-refractivity contribution in [3.63, 3.8) is 0 Å². The fourth-order valence-electron chi connectivity index (χ4n) is 3.54. The van der Waals surface area contributed by atoms with Crippen LogP contribution in [0.1, 0.15) is 46.3 Å². The van der Waals surface area contributed by atoms with Gasteiger partial charge in [-0.25, -0.2) is 4.98 Å². The van der Waals surface area contributed by atoms with Gasteiger partial charge in [0, 0.05) is 12.2 Å². The van der Waals surface area contributed by atoms with E-state index < -0.39 is 11.7 Å². The van der Waals surface area contributed by atoms with E-state index in [0.717, 1.165) is 36.8 Å². The number of alkyl halides is 3. The van der Waals surface area contributed by atoms with Gasteiger partial charge in [-0.3, -0.25) is 9.36 Å². The molecule has 1 atom stereocenters. The van der Waals surface area contributed by atoms with Gasteiger partial charge < -0.3 is 4.74 Å². The van der Waals surface area contributed by atoms with Gasteiger partial charge in [-0.05, 0) is 49.6 Å². The maximum absolute atomic E-state index is 13.1. The van der Waals surface area contributed by atoms with Gasteiger partial charge in [0.15, 0.2) is 0 Å². The Balaban J connectivity index is 1.99. The van der Waals surface area contributed by atoms with Crippen LogP contribution in [0.15, 0.2) is 36.4 Å². The number of hydrogen-bond donors (Lipinski definition) is 0. The lowest BCUT2D eigenvalue weighted by Gasteiger charge is -2.16. The van der Waals surface area contributed by atoms with Gasteiger partial charge in [0.25, 0.3) is 0 Å². The molecule has 27 heavy (non-hydrogen) atoms. The molecule has 1 aliphatic rings. The minimum Gasteiger partial charge on any atom is -0.370 e. The SMILES string of the molecule is Cc1c(C=O)cccc1-n1c(C2CCCO2)nc2cc(C(F)(F)F)ccc21. The molecule has 0 spiro atoms. The van der Waals surface area contributed by atoms with Crippen molar-refractivity contribution < 1.29 is 22.7 Å². The number of imidazole rings is 1. The Morgan fingerprint density at radius 2 is 2.07 bits per heavy atom. The molecule has 7 heteroatoms. The second-order valence-corrected chi connectivity index (χ2v) is 6.62. The molecule has 4 rings (SSSR count). The Morgan fingerprint density at radius 3 is 2.74 bits per heavy atom. The Hall–Kier alpha value is -2.67. The zero-order valence-electron chi connectivity index (χ0n) is 14.6. The van der Waals surface area contributed by atoms with Crippen LogP contribution in [-0.2, 0) is 10.9 Å². The molecule has 1 aliphatic heterocycles. The zero-order valence-corrected chi connectivity index (χ0v) is 14.6. The number of aldehydes is 1. The second kappa shape index (κ2) is 6.49. The summed E-state index contributed by atoms with van der Waals surface area (Å²) in [7, 11) is 0. The van der Waals surface area contributed by atoms with Crippen molar-refractivity contribution >= 4 is 17.3 Å². The lowest BCUT2D eigenvalue weighted by molar-refractivity contribution is -0.137. The normalized spacial score (nSPS) is 17.6. The average molecular weight is 374 g/mol. The van der Waals surface area contributed by atoms with E-state index in [0.29, 0.717) is 29.2 Å².